The van der Waals surface area contributed by atoms with Crippen LogP contribution in [0.4, 0.5) is 8.78 Å². The molecular formula is C11H13F2NO. The Morgan fingerprint density at radius 2 is 2.07 bits per heavy atom. The molecular weight excluding hydrogens is 200 g/mol. The zero-order valence-corrected chi connectivity index (χ0v) is 8.21. The lowest BCUT2D eigenvalue weighted by atomic mass is 9.98. The van der Waals surface area contributed by atoms with Crippen molar-refractivity contribution in [2.75, 3.05) is 0 Å². The summed E-state index contributed by atoms with van der Waals surface area (Å²) in [5.74, 6) is -1.30. The zero-order valence-electron chi connectivity index (χ0n) is 8.21. The van der Waals surface area contributed by atoms with E-state index in [1.54, 1.807) is 0 Å². The van der Waals surface area contributed by atoms with Crippen molar-refractivity contribution in [1.29, 1.82) is 0 Å². The van der Waals surface area contributed by atoms with Crippen LogP contribution in [0.15, 0.2) is 12.1 Å². The minimum Gasteiger partial charge on any atom is -0.387 e. The molecule has 15 heavy (non-hydrogen) atoms. The molecule has 4 heteroatoms. The van der Waals surface area contributed by atoms with E-state index in [1.165, 1.54) is 6.07 Å². The van der Waals surface area contributed by atoms with Gasteiger partial charge in [0.05, 0.1) is 6.10 Å². The van der Waals surface area contributed by atoms with E-state index in [4.69, 9.17) is 5.73 Å². The third kappa shape index (κ3) is 1.87. The largest absolute Gasteiger partial charge is 0.387 e. The van der Waals surface area contributed by atoms with Gasteiger partial charge in [-0.25, -0.2) is 8.78 Å². The molecule has 3 N–H and O–H groups in total. The fraction of sp³-hybridized carbons (Fsp3) is 0.455. The molecule has 0 unspecified atom stereocenters. The van der Waals surface area contributed by atoms with Crippen LogP contribution >= 0.6 is 0 Å². The summed E-state index contributed by atoms with van der Waals surface area (Å²) in [5, 5.41) is 9.79. The summed E-state index contributed by atoms with van der Waals surface area (Å²) in [6.45, 7) is 0. The van der Waals surface area contributed by atoms with Crippen LogP contribution in [0.2, 0.25) is 0 Å². The molecule has 2 nitrogen and oxygen atoms in total. The Kier molecular flexibility index (Phi) is 2.71. The van der Waals surface area contributed by atoms with Crippen LogP contribution in [-0.4, -0.2) is 11.1 Å². The lowest BCUT2D eigenvalue weighted by Crippen LogP contribution is -2.28. The smallest absolute Gasteiger partial charge is 0.132 e. The molecule has 1 aliphatic rings. The highest BCUT2D eigenvalue weighted by Crippen LogP contribution is 2.30. The van der Waals surface area contributed by atoms with Crippen molar-refractivity contribution < 1.29 is 13.9 Å². The average molecular weight is 213 g/mol. The van der Waals surface area contributed by atoms with Gasteiger partial charge < -0.3 is 10.8 Å². The molecule has 0 bridgehead atoms. The number of halogens is 2. The summed E-state index contributed by atoms with van der Waals surface area (Å²) in [5.41, 5.74) is 6.39. The van der Waals surface area contributed by atoms with Crippen LogP contribution in [0.3, 0.4) is 0 Å². The van der Waals surface area contributed by atoms with Gasteiger partial charge in [0.15, 0.2) is 0 Å². The lowest BCUT2D eigenvalue weighted by molar-refractivity contribution is 0.140. The maximum absolute atomic E-state index is 13.5. The zero-order chi connectivity index (χ0) is 11.0. The topological polar surface area (TPSA) is 46.2 Å². The molecule has 0 saturated carbocycles. The Hall–Kier alpha value is -1.00. The second kappa shape index (κ2) is 3.87. The molecule has 2 rings (SSSR count). The number of benzene rings is 1. The summed E-state index contributed by atoms with van der Waals surface area (Å²) in [6, 6.07) is 1.60. The van der Waals surface area contributed by atoms with Crippen molar-refractivity contribution in [3.05, 3.63) is 34.9 Å². The van der Waals surface area contributed by atoms with E-state index in [-0.39, 0.29) is 5.56 Å². The Morgan fingerprint density at radius 3 is 2.80 bits per heavy atom. The van der Waals surface area contributed by atoms with E-state index in [9.17, 15) is 13.9 Å². The fourth-order valence-corrected chi connectivity index (χ4v) is 2.08. The Labute approximate surface area is 86.7 Å². The highest BCUT2D eigenvalue weighted by atomic mass is 19.1. The lowest BCUT2D eigenvalue weighted by Gasteiger charge is -2.18. The number of aliphatic hydroxyl groups excluding tert-OH is 1. The predicted molar refractivity (Wildman–Crippen MR) is 52.2 cm³/mol. The van der Waals surface area contributed by atoms with E-state index in [1.807, 2.05) is 0 Å². The number of nitrogens with two attached hydrogens (primary N) is 1. The highest BCUT2D eigenvalue weighted by Gasteiger charge is 2.26. The van der Waals surface area contributed by atoms with Crippen LogP contribution in [0.25, 0.3) is 0 Å². The van der Waals surface area contributed by atoms with Crippen LogP contribution in [-0.2, 0) is 6.42 Å². The first-order chi connectivity index (χ1) is 7.09. The number of fused-ring (bicyclic) bond motifs is 1. The monoisotopic (exact) mass is 213 g/mol. The maximum Gasteiger partial charge on any atom is 0.132 e. The van der Waals surface area contributed by atoms with Crippen LogP contribution < -0.4 is 5.73 Å². The normalized spacial score (nSPS) is 25.9. The van der Waals surface area contributed by atoms with Crippen LogP contribution in [0.5, 0.6) is 0 Å². The van der Waals surface area contributed by atoms with Crippen molar-refractivity contribution >= 4 is 0 Å². The van der Waals surface area contributed by atoms with E-state index < -0.39 is 23.8 Å². The summed E-state index contributed by atoms with van der Waals surface area (Å²) in [6.07, 6.45) is 0.905. The van der Waals surface area contributed by atoms with Crippen molar-refractivity contribution in [1.82, 2.24) is 0 Å². The maximum atomic E-state index is 13.5. The van der Waals surface area contributed by atoms with Gasteiger partial charge in [-0.2, -0.15) is 0 Å². The second-order valence-electron chi connectivity index (χ2n) is 3.96. The third-order valence-corrected chi connectivity index (χ3v) is 2.86. The van der Waals surface area contributed by atoms with Gasteiger partial charge >= 0.3 is 0 Å². The molecule has 1 aromatic rings. The molecule has 2 atom stereocenters. The van der Waals surface area contributed by atoms with Crippen molar-refractivity contribution in [3.8, 4) is 0 Å². The van der Waals surface area contributed by atoms with Crippen molar-refractivity contribution in [2.24, 2.45) is 5.73 Å². The first-order valence-corrected chi connectivity index (χ1v) is 5.01. The molecule has 82 valence electrons. The SMILES string of the molecule is N[C@H]1CCCc2cc(F)cc(F)c2[C@@H]1O. The highest BCUT2D eigenvalue weighted by molar-refractivity contribution is 5.33. The van der Waals surface area contributed by atoms with Gasteiger partial charge in [-0.3, -0.25) is 0 Å². The summed E-state index contributed by atoms with van der Waals surface area (Å²) in [7, 11) is 0. The minimum atomic E-state index is -1.02. The average Bonchev–Trinajstić information content (AvgIpc) is 2.27. The van der Waals surface area contributed by atoms with Gasteiger partial charge in [-0.15, -0.1) is 0 Å². The number of aliphatic hydroxyl groups is 1. The Morgan fingerprint density at radius 1 is 1.33 bits per heavy atom. The summed E-state index contributed by atoms with van der Waals surface area (Å²) < 4.78 is 26.4. The molecule has 0 amide bonds. The molecule has 0 saturated heterocycles. The quantitative estimate of drug-likeness (QED) is 0.644. The number of aryl methyl sites for hydroxylation is 1. The Bertz CT molecular complexity index is 381. The second-order valence-corrected chi connectivity index (χ2v) is 3.96. The molecule has 1 aliphatic carbocycles. The van der Waals surface area contributed by atoms with Crippen LogP contribution in [0.1, 0.15) is 30.1 Å². The molecule has 0 aromatic heterocycles. The van der Waals surface area contributed by atoms with Gasteiger partial charge in [-0.1, -0.05) is 0 Å². The van der Waals surface area contributed by atoms with E-state index in [2.05, 4.69) is 0 Å². The third-order valence-electron chi connectivity index (χ3n) is 2.86. The number of hydrogen-bond acceptors (Lipinski definition) is 2. The van der Waals surface area contributed by atoms with Gasteiger partial charge in [0.25, 0.3) is 0 Å². The molecule has 0 fully saturated rings. The summed E-state index contributed by atoms with van der Waals surface area (Å²) >= 11 is 0. The first-order valence-electron chi connectivity index (χ1n) is 5.01. The van der Waals surface area contributed by atoms with Gasteiger partial charge in [-0.05, 0) is 30.9 Å². The molecule has 0 spiro atoms. The van der Waals surface area contributed by atoms with Crippen molar-refractivity contribution in [2.45, 2.75) is 31.4 Å². The molecule has 1 aromatic carbocycles. The molecule has 0 radical (unpaired) electrons. The Balaban J connectivity index is 2.53. The minimum absolute atomic E-state index is 0.168. The van der Waals surface area contributed by atoms with E-state index in [0.717, 1.165) is 12.5 Å². The van der Waals surface area contributed by atoms with Gasteiger partial charge in [0, 0.05) is 17.7 Å². The fourth-order valence-electron chi connectivity index (χ4n) is 2.08. The first kappa shape index (κ1) is 10.5. The molecule has 0 aliphatic heterocycles. The van der Waals surface area contributed by atoms with E-state index >= 15 is 0 Å². The standard InChI is InChI=1S/C11H13F2NO/c12-7-4-6-2-1-3-9(14)11(15)10(6)8(13)5-7/h4-5,9,11,15H,1-3,14H2/t9-,11+/m0/s1. The van der Waals surface area contributed by atoms with Gasteiger partial charge in [0.2, 0.25) is 0 Å². The predicted octanol–water partition coefficient (Wildman–Crippen LogP) is 1.66. The molecule has 0 heterocycles. The van der Waals surface area contributed by atoms with E-state index in [0.29, 0.717) is 18.4 Å². The van der Waals surface area contributed by atoms with Crippen molar-refractivity contribution in [3.63, 3.8) is 0 Å². The number of rotatable bonds is 0. The van der Waals surface area contributed by atoms with Crippen LogP contribution in [0, 0.1) is 11.6 Å². The summed E-state index contributed by atoms with van der Waals surface area (Å²) in [4.78, 5) is 0. The van der Waals surface area contributed by atoms with Gasteiger partial charge in [0.1, 0.15) is 11.6 Å². The number of hydrogen-bond donors (Lipinski definition) is 2.